The molecule has 0 aliphatic carbocycles. The molecular weight excluding hydrogens is 743 g/mol. The van der Waals surface area contributed by atoms with E-state index in [-0.39, 0.29) is 31.3 Å². The van der Waals surface area contributed by atoms with E-state index in [4.69, 9.17) is 4.74 Å². The Morgan fingerprint density at radius 3 is 1.42 bits per heavy atom. The summed E-state index contributed by atoms with van der Waals surface area (Å²) in [7, 11) is 0. The van der Waals surface area contributed by atoms with Crippen LogP contribution in [0.4, 0.5) is 0 Å². The fourth-order valence-corrected chi connectivity index (χ4v) is 6.44. The molecule has 0 rings (SSSR count). The smallest absolute Gasteiger partial charge is 0.306 e. The maximum atomic E-state index is 13.1. The van der Waals surface area contributed by atoms with E-state index < -0.39 is 18.2 Å². The van der Waals surface area contributed by atoms with Crippen LogP contribution in [0.1, 0.15) is 194 Å². The molecule has 340 valence electrons. The molecule has 0 spiro atoms. The normalized spacial score (nSPS) is 14.3. The molecule has 3 atom stereocenters. The van der Waals surface area contributed by atoms with E-state index in [1.54, 1.807) is 0 Å². The van der Waals surface area contributed by atoms with Gasteiger partial charge in [0.25, 0.3) is 0 Å². The number of allylic oxidation sites excluding steroid dienone is 17. The van der Waals surface area contributed by atoms with Crippen LogP contribution in [0.15, 0.2) is 109 Å². The van der Waals surface area contributed by atoms with Crippen molar-refractivity contribution < 1.29 is 24.5 Å². The lowest BCUT2D eigenvalue weighted by Crippen LogP contribution is -2.46. The standard InChI is InChI=1S/C54H89NO5/c1-4-7-10-13-16-19-21-23-25-26-28-30-32-35-38-41-44-47-54(59)60-50(45-42-39-36-34-31-29-27-24-22-20-17-14-11-8-5-2)48-53(58)55-51(49-56)52(57)46-43-40-37-33-18-15-12-9-6-3/h8,11,16-17,19-20,23-25,27-28,30-31,34-35,38-39,42,50-52,56-57H,4-7,9-10,12-15,18,21-22,26,29,32-33,36-37,40-41,43-49H2,1-3H3,(H,55,58)/b11-8-,19-16-,20-17-,25-23-,27-24-,30-28-,34-31-,38-35-,42-39-. The van der Waals surface area contributed by atoms with Gasteiger partial charge in [-0.15, -0.1) is 0 Å². The Kier molecular flexibility index (Phi) is 43.9. The van der Waals surface area contributed by atoms with Crippen LogP contribution in [0.5, 0.6) is 0 Å². The summed E-state index contributed by atoms with van der Waals surface area (Å²) in [4.78, 5) is 26.0. The maximum absolute atomic E-state index is 13.1. The van der Waals surface area contributed by atoms with E-state index >= 15 is 0 Å². The number of unbranched alkanes of at least 4 members (excludes halogenated alkanes) is 12. The van der Waals surface area contributed by atoms with Crippen LogP contribution in [0.3, 0.4) is 0 Å². The molecule has 0 aromatic rings. The number of amides is 1. The van der Waals surface area contributed by atoms with E-state index in [0.29, 0.717) is 19.3 Å². The average molecular weight is 832 g/mol. The van der Waals surface area contributed by atoms with Crippen LogP contribution in [-0.4, -0.2) is 46.9 Å². The summed E-state index contributed by atoms with van der Waals surface area (Å²) in [6.45, 7) is 6.25. The van der Waals surface area contributed by atoms with Gasteiger partial charge in [0, 0.05) is 12.8 Å². The zero-order valence-electron chi connectivity index (χ0n) is 38.5. The third kappa shape index (κ3) is 41.3. The van der Waals surface area contributed by atoms with Gasteiger partial charge in [-0.2, -0.15) is 0 Å². The molecule has 0 aromatic heterocycles. The zero-order chi connectivity index (χ0) is 43.8. The summed E-state index contributed by atoms with van der Waals surface area (Å²) in [5.41, 5.74) is 0. The molecule has 60 heavy (non-hydrogen) atoms. The highest BCUT2D eigenvalue weighted by Crippen LogP contribution is 2.14. The van der Waals surface area contributed by atoms with Crippen LogP contribution in [0, 0.1) is 0 Å². The molecule has 6 nitrogen and oxygen atoms in total. The van der Waals surface area contributed by atoms with Gasteiger partial charge in [0.1, 0.15) is 6.10 Å². The number of aliphatic hydroxyl groups is 2. The van der Waals surface area contributed by atoms with Gasteiger partial charge in [0.05, 0.1) is 25.2 Å². The summed E-state index contributed by atoms with van der Waals surface area (Å²) >= 11 is 0. The SMILES string of the molecule is CC/C=C\C/C=C\C/C=C\C/C=C\C/C=C\CC(CC(=O)NC(CO)C(O)CCCCCCCCCCC)OC(=O)CCC/C=C\C/C=C\C/C=C\C/C=C\CCCCC. The highest BCUT2D eigenvalue weighted by Gasteiger charge is 2.23. The monoisotopic (exact) mass is 832 g/mol. The van der Waals surface area contributed by atoms with Crippen LogP contribution >= 0.6 is 0 Å². The first-order valence-electron chi connectivity index (χ1n) is 24.1. The van der Waals surface area contributed by atoms with Gasteiger partial charge < -0.3 is 20.3 Å². The Balaban J connectivity index is 4.86. The Morgan fingerprint density at radius 1 is 0.517 bits per heavy atom. The van der Waals surface area contributed by atoms with E-state index in [0.717, 1.165) is 77.0 Å². The van der Waals surface area contributed by atoms with Gasteiger partial charge in [0.2, 0.25) is 5.91 Å². The van der Waals surface area contributed by atoms with Gasteiger partial charge in [-0.1, -0.05) is 201 Å². The largest absolute Gasteiger partial charge is 0.461 e. The first-order valence-corrected chi connectivity index (χ1v) is 24.1. The minimum atomic E-state index is -0.826. The second-order valence-electron chi connectivity index (χ2n) is 15.8. The van der Waals surface area contributed by atoms with Crippen LogP contribution in [-0.2, 0) is 14.3 Å². The fraction of sp³-hybridized carbons (Fsp3) is 0.630. The van der Waals surface area contributed by atoms with Crippen LogP contribution < -0.4 is 5.32 Å². The third-order valence-electron chi connectivity index (χ3n) is 10.1. The summed E-state index contributed by atoms with van der Waals surface area (Å²) in [5.74, 6) is -0.661. The Labute approximate surface area is 368 Å². The Hall–Kier alpha value is -3.48. The summed E-state index contributed by atoms with van der Waals surface area (Å²) in [5, 5.41) is 23.6. The van der Waals surface area contributed by atoms with Gasteiger partial charge in [-0.25, -0.2) is 0 Å². The lowest BCUT2D eigenvalue weighted by Gasteiger charge is -2.24. The number of aliphatic hydroxyl groups excluding tert-OH is 2. The number of carbonyl (C=O) groups is 2. The van der Waals surface area contributed by atoms with Crippen molar-refractivity contribution in [3.05, 3.63) is 109 Å². The summed E-state index contributed by atoms with van der Waals surface area (Å²) < 4.78 is 5.82. The molecule has 0 fully saturated rings. The van der Waals surface area contributed by atoms with Crippen molar-refractivity contribution in [2.24, 2.45) is 0 Å². The maximum Gasteiger partial charge on any atom is 0.306 e. The molecule has 6 heteroatoms. The molecular formula is C54H89NO5. The molecule has 0 aliphatic rings. The summed E-state index contributed by atoms with van der Waals surface area (Å²) in [6.07, 6.45) is 63.1. The van der Waals surface area contributed by atoms with Crippen molar-refractivity contribution >= 4 is 11.9 Å². The highest BCUT2D eigenvalue weighted by atomic mass is 16.5. The van der Waals surface area contributed by atoms with Gasteiger partial charge in [-0.05, 0) is 83.5 Å². The average Bonchev–Trinajstić information content (AvgIpc) is 3.24. The lowest BCUT2D eigenvalue weighted by atomic mass is 10.0. The topological polar surface area (TPSA) is 95.9 Å². The number of esters is 1. The molecule has 0 heterocycles. The second-order valence-corrected chi connectivity index (χ2v) is 15.8. The molecule has 0 saturated heterocycles. The molecule has 0 aliphatic heterocycles. The molecule has 3 unspecified atom stereocenters. The number of carbonyl (C=O) groups excluding carboxylic acids is 2. The van der Waals surface area contributed by atoms with E-state index in [9.17, 15) is 19.8 Å². The van der Waals surface area contributed by atoms with Gasteiger partial charge >= 0.3 is 5.97 Å². The van der Waals surface area contributed by atoms with Crippen LogP contribution in [0.2, 0.25) is 0 Å². The molecule has 0 radical (unpaired) electrons. The number of nitrogens with one attached hydrogen (secondary N) is 1. The lowest BCUT2D eigenvalue weighted by molar-refractivity contribution is -0.150. The van der Waals surface area contributed by atoms with Crippen molar-refractivity contribution in [2.45, 2.75) is 212 Å². The predicted molar refractivity (Wildman–Crippen MR) is 259 cm³/mol. The Morgan fingerprint density at radius 2 is 0.933 bits per heavy atom. The van der Waals surface area contributed by atoms with E-state index in [1.807, 2.05) is 12.2 Å². The molecule has 0 aromatic carbocycles. The molecule has 3 N–H and O–H groups in total. The van der Waals surface area contributed by atoms with Crippen molar-refractivity contribution in [3.63, 3.8) is 0 Å². The molecule has 1 amide bonds. The minimum Gasteiger partial charge on any atom is -0.461 e. The predicted octanol–water partition coefficient (Wildman–Crippen LogP) is 14.3. The first-order chi connectivity index (χ1) is 29.5. The highest BCUT2D eigenvalue weighted by molar-refractivity contribution is 5.77. The zero-order valence-corrected chi connectivity index (χ0v) is 38.5. The second kappa shape index (κ2) is 46.6. The van der Waals surface area contributed by atoms with Gasteiger partial charge in [-0.3, -0.25) is 9.59 Å². The number of rotatable bonds is 41. The van der Waals surface area contributed by atoms with Crippen molar-refractivity contribution in [1.29, 1.82) is 0 Å². The van der Waals surface area contributed by atoms with Crippen LogP contribution in [0.25, 0.3) is 0 Å². The minimum absolute atomic E-state index is 0.0293. The van der Waals surface area contributed by atoms with E-state index in [1.165, 1.54) is 64.2 Å². The van der Waals surface area contributed by atoms with E-state index in [2.05, 4.69) is 123 Å². The molecule has 0 bridgehead atoms. The number of ether oxygens (including phenoxy) is 1. The molecule has 0 saturated carbocycles. The van der Waals surface area contributed by atoms with Crippen molar-refractivity contribution in [1.82, 2.24) is 5.32 Å². The van der Waals surface area contributed by atoms with Gasteiger partial charge in [0.15, 0.2) is 0 Å². The number of hydrogen-bond acceptors (Lipinski definition) is 5. The first kappa shape index (κ1) is 56.5. The third-order valence-corrected chi connectivity index (χ3v) is 10.1. The van der Waals surface area contributed by atoms with Crippen molar-refractivity contribution in [2.75, 3.05) is 6.61 Å². The fourth-order valence-electron chi connectivity index (χ4n) is 6.44. The quantitative estimate of drug-likeness (QED) is 0.0324. The summed E-state index contributed by atoms with van der Waals surface area (Å²) in [6, 6.07) is -0.748. The number of hydrogen-bond donors (Lipinski definition) is 3. The Bertz CT molecular complexity index is 1250. The van der Waals surface area contributed by atoms with Crippen molar-refractivity contribution in [3.8, 4) is 0 Å².